The quantitative estimate of drug-likeness (QED) is 0.850. The molecule has 3 unspecified atom stereocenters. The molecule has 1 fully saturated rings. The zero-order valence-electron chi connectivity index (χ0n) is 14.2. The fourth-order valence-corrected chi connectivity index (χ4v) is 3.39. The van der Waals surface area contributed by atoms with Gasteiger partial charge in [-0.2, -0.15) is 0 Å². The summed E-state index contributed by atoms with van der Waals surface area (Å²) in [4.78, 5) is 2.68. The fourth-order valence-electron chi connectivity index (χ4n) is 3.39. The first-order valence-electron chi connectivity index (χ1n) is 8.70. The van der Waals surface area contributed by atoms with Crippen molar-refractivity contribution in [2.45, 2.75) is 59.0 Å². The van der Waals surface area contributed by atoms with E-state index in [4.69, 9.17) is 0 Å². The van der Waals surface area contributed by atoms with Crippen LogP contribution >= 0.6 is 0 Å². The van der Waals surface area contributed by atoms with Gasteiger partial charge in [0.1, 0.15) is 0 Å². The maximum Gasteiger partial charge on any atom is 0.0449 e. The largest absolute Gasteiger partial charge is 0.309 e. The lowest BCUT2D eigenvalue weighted by Gasteiger charge is -2.39. The Morgan fingerprint density at radius 1 is 1.14 bits per heavy atom. The molecule has 1 aromatic carbocycles. The minimum Gasteiger partial charge on any atom is -0.309 e. The molecule has 0 aromatic heterocycles. The third-order valence-electron chi connectivity index (χ3n) is 4.90. The lowest BCUT2D eigenvalue weighted by molar-refractivity contribution is 0.112. The van der Waals surface area contributed by atoms with Gasteiger partial charge in [0, 0.05) is 25.2 Å². The SMILES string of the molecule is CCNC(CN1CC(C)CCC1C)c1ccc(CC)cc1. The molecule has 2 nitrogen and oxygen atoms in total. The van der Waals surface area contributed by atoms with Gasteiger partial charge in [0.25, 0.3) is 0 Å². The van der Waals surface area contributed by atoms with Gasteiger partial charge in [-0.05, 0) is 49.8 Å². The van der Waals surface area contributed by atoms with Gasteiger partial charge in [0.15, 0.2) is 0 Å². The summed E-state index contributed by atoms with van der Waals surface area (Å²) in [6.45, 7) is 12.6. The van der Waals surface area contributed by atoms with E-state index < -0.39 is 0 Å². The van der Waals surface area contributed by atoms with E-state index in [0.717, 1.165) is 31.5 Å². The zero-order valence-corrected chi connectivity index (χ0v) is 14.2. The Morgan fingerprint density at radius 2 is 1.86 bits per heavy atom. The van der Waals surface area contributed by atoms with Gasteiger partial charge < -0.3 is 5.32 Å². The predicted molar refractivity (Wildman–Crippen MR) is 91.7 cm³/mol. The summed E-state index contributed by atoms with van der Waals surface area (Å²) < 4.78 is 0. The summed E-state index contributed by atoms with van der Waals surface area (Å²) in [7, 11) is 0. The third kappa shape index (κ3) is 4.55. The Labute approximate surface area is 130 Å². The molecular weight excluding hydrogens is 256 g/mol. The van der Waals surface area contributed by atoms with Crippen LogP contribution in [-0.2, 0) is 6.42 Å². The number of rotatable bonds is 6. The second-order valence-electron chi connectivity index (χ2n) is 6.69. The molecule has 2 heteroatoms. The van der Waals surface area contributed by atoms with Crippen molar-refractivity contribution in [2.75, 3.05) is 19.6 Å². The number of piperidine rings is 1. The van der Waals surface area contributed by atoms with Crippen LogP contribution in [0.5, 0.6) is 0 Å². The van der Waals surface area contributed by atoms with Gasteiger partial charge in [-0.15, -0.1) is 0 Å². The van der Waals surface area contributed by atoms with Crippen molar-refractivity contribution in [1.29, 1.82) is 0 Å². The highest BCUT2D eigenvalue weighted by Crippen LogP contribution is 2.24. The van der Waals surface area contributed by atoms with E-state index in [1.54, 1.807) is 0 Å². The van der Waals surface area contributed by atoms with Gasteiger partial charge in [0.2, 0.25) is 0 Å². The molecule has 1 aliphatic heterocycles. The molecule has 0 aliphatic carbocycles. The van der Waals surface area contributed by atoms with E-state index in [1.165, 1.54) is 30.5 Å². The van der Waals surface area contributed by atoms with Crippen LogP contribution in [0, 0.1) is 5.92 Å². The van der Waals surface area contributed by atoms with Gasteiger partial charge in [-0.3, -0.25) is 4.90 Å². The molecule has 1 heterocycles. The van der Waals surface area contributed by atoms with Crippen molar-refractivity contribution in [3.63, 3.8) is 0 Å². The Kier molecular flexibility index (Phi) is 6.25. The second kappa shape index (κ2) is 7.95. The highest BCUT2D eigenvalue weighted by molar-refractivity contribution is 5.25. The van der Waals surface area contributed by atoms with Gasteiger partial charge in [-0.25, -0.2) is 0 Å². The number of hydrogen-bond donors (Lipinski definition) is 1. The van der Waals surface area contributed by atoms with Crippen LogP contribution in [0.4, 0.5) is 0 Å². The average Bonchev–Trinajstić information content (AvgIpc) is 2.50. The van der Waals surface area contributed by atoms with Crippen LogP contribution < -0.4 is 5.32 Å². The molecule has 1 aliphatic rings. The highest BCUT2D eigenvalue weighted by Gasteiger charge is 2.25. The standard InChI is InChI=1S/C19H32N2/c1-5-17-9-11-18(12-10-17)19(20-6-2)14-21-13-15(3)7-8-16(21)4/h9-12,15-16,19-20H,5-8,13-14H2,1-4H3. The Morgan fingerprint density at radius 3 is 2.48 bits per heavy atom. The van der Waals surface area contributed by atoms with Crippen molar-refractivity contribution < 1.29 is 0 Å². The summed E-state index contributed by atoms with van der Waals surface area (Å²) >= 11 is 0. The number of hydrogen-bond acceptors (Lipinski definition) is 2. The van der Waals surface area contributed by atoms with Crippen LogP contribution in [0.15, 0.2) is 24.3 Å². The summed E-state index contributed by atoms with van der Waals surface area (Å²) in [6.07, 6.45) is 3.84. The minimum absolute atomic E-state index is 0.452. The molecule has 1 aromatic rings. The monoisotopic (exact) mass is 288 g/mol. The van der Waals surface area contributed by atoms with Crippen molar-refractivity contribution in [3.05, 3.63) is 35.4 Å². The van der Waals surface area contributed by atoms with Crippen molar-refractivity contribution in [1.82, 2.24) is 10.2 Å². The van der Waals surface area contributed by atoms with E-state index in [2.05, 4.69) is 62.2 Å². The second-order valence-corrected chi connectivity index (χ2v) is 6.69. The van der Waals surface area contributed by atoms with E-state index in [1.807, 2.05) is 0 Å². The molecule has 1 saturated heterocycles. The van der Waals surface area contributed by atoms with Crippen LogP contribution in [0.25, 0.3) is 0 Å². The highest BCUT2D eigenvalue weighted by atomic mass is 15.2. The summed E-state index contributed by atoms with van der Waals surface area (Å²) in [6, 6.07) is 10.4. The number of likely N-dealkylation sites (tertiary alicyclic amines) is 1. The number of aryl methyl sites for hydroxylation is 1. The lowest BCUT2D eigenvalue weighted by Crippen LogP contribution is -2.45. The molecule has 3 atom stereocenters. The molecule has 0 radical (unpaired) electrons. The van der Waals surface area contributed by atoms with Crippen molar-refractivity contribution in [3.8, 4) is 0 Å². The van der Waals surface area contributed by atoms with E-state index in [9.17, 15) is 0 Å². The molecule has 118 valence electrons. The van der Waals surface area contributed by atoms with Gasteiger partial charge >= 0.3 is 0 Å². The first-order chi connectivity index (χ1) is 10.1. The van der Waals surface area contributed by atoms with Crippen LogP contribution in [0.2, 0.25) is 0 Å². The first-order valence-corrected chi connectivity index (χ1v) is 8.70. The van der Waals surface area contributed by atoms with Crippen LogP contribution in [-0.4, -0.2) is 30.6 Å². The number of benzene rings is 1. The normalized spacial score (nSPS) is 25.0. The molecule has 21 heavy (non-hydrogen) atoms. The third-order valence-corrected chi connectivity index (χ3v) is 4.90. The van der Waals surface area contributed by atoms with E-state index in [-0.39, 0.29) is 0 Å². The molecule has 0 saturated carbocycles. The number of nitrogens with zero attached hydrogens (tertiary/aromatic N) is 1. The topological polar surface area (TPSA) is 15.3 Å². The predicted octanol–water partition coefficient (Wildman–Crippen LogP) is 4.02. The van der Waals surface area contributed by atoms with Gasteiger partial charge in [0.05, 0.1) is 0 Å². The number of nitrogens with one attached hydrogen (secondary N) is 1. The summed E-state index contributed by atoms with van der Waals surface area (Å²) in [5.41, 5.74) is 2.86. The maximum absolute atomic E-state index is 3.68. The minimum atomic E-state index is 0.452. The Hall–Kier alpha value is -0.860. The molecule has 2 rings (SSSR count). The van der Waals surface area contributed by atoms with Crippen LogP contribution in [0.1, 0.15) is 57.7 Å². The van der Waals surface area contributed by atoms with Crippen molar-refractivity contribution in [2.24, 2.45) is 5.92 Å². The molecule has 0 amide bonds. The van der Waals surface area contributed by atoms with Crippen molar-refractivity contribution >= 4 is 0 Å². The average molecular weight is 288 g/mol. The lowest BCUT2D eigenvalue weighted by atomic mass is 9.93. The first kappa shape index (κ1) is 16.5. The molecule has 1 N–H and O–H groups in total. The zero-order chi connectivity index (χ0) is 15.2. The molecular formula is C19H32N2. The Balaban J connectivity index is 2.06. The van der Waals surface area contributed by atoms with Gasteiger partial charge in [-0.1, -0.05) is 45.0 Å². The molecule has 0 spiro atoms. The van der Waals surface area contributed by atoms with E-state index in [0.29, 0.717) is 6.04 Å². The van der Waals surface area contributed by atoms with E-state index >= 15 is 0 Å². The summed E-state index contributed by atoms with van der Waals surface area (Å²) in [5.74, 6) is 0.839. The smallest absolute Gasteiger partial charge is 0.0449 e. The van der Waals surface area contributed by atoms with Crippen LogP contribution in [0.3, 0.4) is 0 Å². The fraction of sp³-hybridized carbons (Fsp3) is 0.684. The number of likely N-dealkylation sites (N-methyl/N-ethyl adjacent to an activating group) is 1. The summed E-state index contributed by atoms with van der Waals surface area (Å²) in [5, 5.41) is 3.68. The maximum atomic E-state index is 3.68. The molecule has 0 bridgehead atoms. The Bertz CT molecular complexity index is 412.